The van der Waals surface area contributed by atoms with Crippen LogP contribution in [-0.2, 0) is 9.22 Å². The van der Waals surface area contributed by atoms with E-state index < -0.39 is 14.3 Å². The molecule has 0 bridgehead atoms. The molecule has 0 aliphatic carbocycles. The van der Waals surface area contributed by atoms with Crippen molar-refractivity contribution < 1.29 is 14.0 Å². The van der Waals surface area contributed by atoms with E-state index in [1.807, 2.05) is 33.9 Å². The number of rotatable bonds is 4. The number of carbonyl (C=O) groups excluding carboxylic acids is 1. The molecule has 8 heteroatoms. The van der Waals surface area contributed by atoms with Gasteiger partial charge in [-0.1, -0.05) is 55.6 Å². The van der Waals surface area contributed by atoms with Crippen LogP contribution in [0.2, 0.25) is 33.3 Å². The highest BCUT2D eigenvalue weighted by Gasteiger charge is 2.40. The minimum Gasteiger partial charge on any atom is -0.517 e. The fourth-order valence-corrected chi connectivity index (χ4v) is 2.60. The predicted molar refractivity (Wildman–Crippen MR) is 88.1 cm³/mol. The zero-order valence-electron chi connectivity index (χ0n) is 12.6. The Bertz CT molecular complexity index is 544. The van der Waals surface area contributed by atoms with Crippen LogP contribution in [-0.4, -0.2) is 25.9 Å². The number of hydrogen-bond donors (Lipinski definition) is 0. The molecule has 21 heavy (non-hydrogen) atoms. The van der Waals surface area contributed by atoms with E-state index in [4.69, 9.17) is 44.0 Å². The van der Waals surface area contributed by atoms with Crippen molar-refractivity contribution in [2.75, 3.05) is 6.61 Å². The maximum absolute atomic E-state index is 11.9. The minimum absolute atomic E-state index is 0.0539. The lowest BCUT2D eigenvalue weighted by atomic mass is 10.2. The van der Waals surface area contributed by atoms with Crippen molar-refractivity contribution in [3.05, 3.63) is 21.3 Å². The Labute approximate surface area is 140 Å². The molecule has 0 unspecified atom stereocenters. The Kier molecular flexibility index (Phi) is 5.95. The van der Waals surface area contributed by atoms with Crippen molar-refractivity contribution in [1.29, 1.82) is 0 Å². The fraction of sp³-hybridized carbons (Fsp3) is 0.538. The molecule has 1 heterocycles. The van der Waals surface area contributed by atoms with Crippen molar-refractivity contribution in [1.82, 2.24) is 4.98 Å². The lowest BCUT2D eigenvalue weighted by molar-refractivity contribution is -0.137. The molecule has 118 valence electrons. The molecular weight excluding hydrogens is 353 g/mol. The number of carbonyl (C=O) groups is 1. The van der Waals surface area contributed by atoms with Gasteiger partial charge in [-0.05, 0) is 24.2 Å². The van der Waals surface area contributed by atoms with Crippen LogP contribution in [0.3, 0.4) is 0 Å². The predicted octanol–water partition coefficient (Wildman–Crippen LogP) is 4.97. The molecule has 0 saturated carbocycles. The van der Waals surface area contributed by atoms with Crippen LogP contribution in [0.1, 0.15) is 20.8 Å². The van der Waals surface area contributed by atoms with E-state index in [1.54, 1.807) is 0 Å². The second-order valence-corrected chi connectivity index (χ2v) is 12.0. The summed E-state index contributed by atoms with van der Waals surface area (Å²) in [5.74, 6) is -0.399. The quantitative estimate of drug-likeness (QED) is 0.554. The fourth-order valence-electron chi connectivity index (χ4n) is 1.12. The highest BCUT2D eigenvalue weighted by atomic mass is 35.5. The van der Waals surface area contributed by atoms with E-state index in [2.05, 4.69) is 4.98 Å². The third-order valence-electron chi connectivity index (χ3n) is 3.36. The molecule has 0 aliphatic heterocycles. The van der Waals surface area contributed by atoms with Crippen molar-refractivity contribution in [3.63, 3.8) is 0 Å². The van der Waals surface area contributed by atoms with E-state index in [-0.39, 0.29) is 32.7 Å². The molecule has 0 radical (unpaired) electrons. The van der Waals surface area contributed by atoms with Gasteiger partial charge in [0.1, 0.15) is 5.02 Å². The normalized spacial score (nSPS) is 12.2. The summed E-state index contributed by atoms with van der Waals surface area (Å²) in [6, 6.07) is 1.41. The van der Waals surface area contributed by atoms with Crippen molar-refractivity contribution >= 4 is 49.1 Å². The molecule has 1 aromatic heterocycles. The van der Waals surface area contributed by atoms with Crippen LogP contribution >= 0.6 is 34.8 Å². The topological polar surface area (TPSA) is 48.4 Å². The third kappa shape index (κ3) is 5.02. The minimum atomic E-state index is -2.17. The number of pyridine rings is 1. The summed E-state index contributed by atoms with van der Waals surface area (Å²) in [4.78, 5) is 15.8. The Morgan fingerprint density at radius 2 is 1.81 bits per heavy atom. The molecule has 0 fully saturated rings. The highest BCUT2D eigenvalue weighted by molar-refractivity contribution is 6.75. The first-order valence-electron chi connectivity index (χ1n) is 6.30. The van der Waals surface area contributed by atoms with Gasteiger partial charge < -0.3 is 9.16 Å². The van der Waals surface area contributed by atoms with Gasteiger partial charge in [-0.25, -0.2) is 4.79 Å². The molecule has 4 nitrogen and oxygen atoms in total. The first-order valence-corrected chi connectivity index (χ1v) is 10.3. The van der Waals surface area contributed by atoms with Crippen LogP contribution in [0.5, 0.6) is 5.88 Å². The Hall–Kier alpha value is -0.493. The van der Waals surface area contributed by atoms with Crippen LogP contribution in [0.4, 0.5) is 0 Å². The summed E-state index contributed by atoms with van der Waals surface area (Å²) in [6.07, 6.45) is 0. The average Bonchev–Trinajstić information content (AvgIpc) is 2.30. The highest BCUT2D eigenvalue weighted by Crippen LogP contribution is 2.36. The maximum atomic E-state index is 11.9. The Morgan fingerprint density at radius 3 is 2.33 bits per heavy atom. The number of ether oxygens (including phenoxy) is 1. The van der Waals surface area contributed by atoms with Crippen molar-refractivity contribution in [2.24, 2.45) is 0 Å². The summed E-state index contributed by atoms with van der Waals surface area (Å²) in [6.45, 7) is 9.82. The van der Waals surface area contributed by atoms with E-state index >= 15 is 0 Å². The van der Waals surface area contributed by atoms with Gasteiger partial charge in [0.05, 0.1) is 5.02 Å². The molecular formula is C13H18Cl3NO3Si. The zero-order valence-corrected chi connectivity index (χ0v) is 15.9. The monoisotopic (exact) mass is 369 g/mol. The van der Waals surface area contributed by atoms with E-state index in [1.165, 1.54) is 6.07 Å². The lowest BCUT2D eigenvalue weighted by Gasteiger charge is -2.35. The molecule has 1 aromatic rings. The third-order valence-corrected chi connectivity index (χ3v) is 8.65. The second kappa shape index (κ2) is 6.73. The van der Waals surface area contributed by atoms with Crippen molar-refractivity contribution in [3.8, 4) is 5.88 Å². The van der Waals surface area contributed by atoms with Gasteiger partial charge in [-0.2, -0.15) is 4.98 Å². The van der Waals surface area contributed by atoms with Gasteiger partial charge in [0.2, 0.25) is 5.88 Å². The van der Waals surface area contributed by atoms with Gasteiger partial charge in [0, 0.05) is 0 Å². The summed E-state index contributed by atoms with van der Waals surface area (Å²) in [7, 11) is -2.17. The molecule has 0 N–H and O–H groups in total. The number of halogens is 3. The molecule has 0 saturated heterocycles. The Morgan fingerprint density at radius 1 is 1.24 bits per heavy atom. The first kappa shape index (κ1) is 18.6. The van der Waals surface area contributed by atoms with Gasteiger partial charge in [0.25, 0.3) is 8.32 Å². The van der Waals surface area contributed by atoms with E-state index in [0.29, 0.717) is 0 Å². The summed E-state index contributed by atoms with van der Waals surface area (Å²) in [5, 5.41) is 0.401. The number of hydrogen-bond acceptors (Lipinski definition) is 4. The van der Waals surface area contributed by atoms with Gasteiger partial charge >= 0.3 is 5.97 Å². The molecule has 0 amide bonds. The largest absolute Gasteiger partial charge is 0.517 e. The molecule has 1 rings (SSSR count). The molecule has 0 atom stereocenters. The second-order valence-electron chi connectivity index (χ2n) is 6.07. The molecule has 0 spiro atoms. The summed E-state index contributed by atoms with van der Waals surface area (Å²) < 4.78 is 10.8. The number of nitrogens with zero attached hydrogens (tertiary/aromatic N) is 1. The molecule has 0 aromatic carbocycles. The molecule has 0 aliphatic rings. The van der Waals surface area contributed by atoms with Crippen LogP contribution in [0, 0.1) is 0 Å². The van der Waals surface area contributed by atoms with Crippen LogP contribution in [0.15, 0.2) is 6.07 Å². The summed E-state index contributed by atoms with van der Waals surface area (Å²) >= 11 is 17.5. The SMILES string of the molecule is CC(C)(C)[Si](C)(C)OC(=O)COc1nc(Cl)c(Cl)cc1Cl. The number of aromatic nitrogens is 1. The lowest BCUT2D eigenvalue weighted by Crippen LogP contribution is -2.43. The van der Waals surface area contributed by atoms with Gasteiger partial charge in [0.15, 0.2) is 11.8 Å². The van der Waals surface area contributed by atoms with Crippen molar-refractivity contribution in [2.45, 2.75) is 38.9 Å². The van der Waals surface area contributed by atoms with Gasteiger partial charge in [-0.3, -0.25) is 0 Å². The summed E-state index contributed by atoms with van der Waals surface area (Å²) in [5.41, 5.74) is 0. The van der Waals surface area contributed by atoms with Crippen LogP contribution in [0.25, 0.3) is 0 Å². The van der Waals surface area contributed by atoms with E-state index in [0.717, 1.165) is 0 Å². The van der Waals surface area contributed by atoms with E-state index in [9.17, 15) is 4.79 Å². The Balaban J connectivity index is 2.68. The van der Waals surface area contributed by atoms with Gasteiger partial charge in [-0.15, -0.1) is 0 Å². The first-order chi connectivity index (χ1) is 9.44. The zero-order chi connectivity index (χ0) is 16.4. The standard InChI is InChI=1S/C13H18Cl3NO3Si/c1-13(2,3)21(4,5)20-10(18)7-19-12-9(15)6-8(14)11(16)17-12/h6H,7H2,1-5H3. The average molecular weight is 371 g/mol. The van der Waals surface area contributed by atoms with Crippen LogP contribution < -0.4 is 4.74 Å². The smallest absolute Gasteiger partial charge is 0.330 e. The maximum Gasteiger partial charge on any atom is 0.330 e.